The van der Waals surface area contributed by atoms with Crippen LogP contribution in [0.5, 0.6) is 0 Å². The Morgan fingerprint density at radius 3 is 2.90 bits per heavy atom. The lowest BCUT2D eigenvalue weighted by Crippen LogP contribution is -2.34. The highest BCUT2D eigenvalue weighted by atomic mass is 19.1. The molecule has 1 aromatic rings. The molecular weight excluding hydrogens is 259 g/mol. The number of aliphatic hydroxyl groups excluding tert-OH is 1. The summed E-state index contributed by atoms with van der Waals surface area (Å²) >= 11 is 0. The van der Waals surface area contributed by atoms with Crippen LogP contribution in [0.1, 0.15) is 38.4 Å². The van der Waals surface area contributed by atoms with Gasteiger partial charge in [0.05, 0.1) is 5.69 Å². The molecule has 1 amide bonds. The van der Waals surface area contributed by atoms with Crippen molar-refractivity contribution in [1.29, 1.82) is 0 Å². The zero-order chi connectivity index (χ0) is 14.4. The summed E-state index contributed by atoms with van der Waals surface area (Å²) in [4.78, 5) is 13.5. The molecule has 1 aromatic carbocycles. The van der Waals surface area contributed by atoms with Gasteiger partial charge < -0.3 is 15.3 Å². The van der Waals surface area contributed by atoms with Crippen molar-refractivity contribution >= 4 is 17.3 Å². The molecule has 2 aliphatic heterocycles. The third kappa shape index (κ3) is 1.97. The average molecular weight is 278 g/mol. The van der Waals surface area contributed by atoms with Crippen LogP contribution in [-0.2, 0) is 4.79 Å². The van der Waals surface area contributed by atoms with Gasteiger partial charge in [-0.2, -0.15) is 0 Å². The zero-order valence-electron chi connectivity index (χ0n) is 11.7. The van der Waals surface area contributed by atoms with E-state index < -0.39 is 12.0 Å². The van der Waals surface area contributed by atoms with Gasteiger partial charge in [0.1, 0.15) is 5.82 Å². The molecule has 5 heteroatoms. The van der Waals surface area contributed by atoms with Crippen LogP contribution in [0.25, 0.3) is 0 Å². The molecule has 108 valence electrons. The molecule has 2 N–H and O–H groups in total. The van der Waals surface area contributed by atoms with Crippen molar-refractivity contribution < 1.29 is 14.3 Å². The first-order valence-corrected chi connectivity index (χ1v) is 7.08. The number of carbonyl (C=O) groups excluding carboxylic acids is 1. The van der Waals surface area contributed by atoms with Gasteiger partial charge >= 0.3 is 0 Å². The van der Waals surface area contributed by atoms with Gasteiger partial charge in [-0.15, -0.1) is 0 Å². The van der Waals surface area contributed by atoms with Crippen molar-refractivity contribution in [2.45, 2.75) is 38.8 Å². The zero-order valence-corrected chi connectivity index (χ0v) is 11.7. The third-order valence-electron chi connectivity index (χ3n) is 4.30. The molecule has 2 atom stereocenters. The number of aliphatic hydroxyl groups is 1. The second-order valence-corrected chi connectivity index (χ2v) is 5.93. The quantitative estimate of drug-likeness (QED) is 0.873. The molecule has 1 saturated heterocycles. The SMILES string of the molecule is CC(C)C1CCCN1c1cc2c(cc1F)C(O)C(=O)N2. The standard InChI is InChI=1S/C15H19FN2O2/c1-8(2)12-4-3-5-18(12)13-7-11-9(6-10(13)16)14(19)15(20)17-11/h6-8,12,14,19H,3-5H2,1-2H3,(H,17,20). The summed E-state index contributed by atoms with van der Waals surface area (Å²) in [5.74, 6) is -0.407. The van der Waals surface area contributed by atoms with Gasteiger partial charge in [0.2, 0.25) is 0 Å². The van der Waals surface area contributed by atoms with Crippen molar-refractivity contribution in [3.8, 4) is 0 Å². The van der Waals surface area contributed by atoms with Crippen LogP contribution in [0.15, 0.2) is 12.1 Å². The number of rotatable bonds is 2. The lowest BCUT2D eigenvalue weighted by atomic mass is 10.0. The number of halogens is 1. The van der Waals surface area contributed by atoms with Gasteiger partial charge in [0, 0.05) is 23.8 Å². The molecular formula is C15H19FN2O2. The van der Waals surface area contributed by atoms with Gasteiger partial charge in [-0.3, -0.25) is 4.79 Å². The number of hydrogen-bond acceptors (Lipinski definition) is 3. The molecule has 2 aliphatic rings. The monoisotopic (exact) mass is 278 g/mol. The maximum Gasteiger partial charge on any atom is 0.257 e. The molecule has 2 unspecified atom stereocenters. The molecule has 0 aliphatic carbocycles. The summed E-state index contributed by atoms with van der Waals surface area (Å²) < 4.78 is 14.3. The van der Waals surface area contributed by atoms with Crippen molar-refractivity contribution in [1.82, 2.24) is 0 Å². The highest BCUT2D eigenvalue weighted by Crippen LogP contribution is 2.38. The molecule has 20 heavy (non-hydrogen) atoms. The Kier molecular flexibility index (Phi) is 3.17. The summed E-state index contributed by atoms with van der Waals surface area (Å²) in [5, 5.41) is 12.3. The van der Waals surface area contributed by atoms with Gasteiger partial charge in [-0.1, -0.05) is 13.8 Å². The maximum atomic E-state index is 14.3. The van der Waals surface area contributed by atoms with Crippen LogP contribution in [0.2, 0.25) is 0 Å². The Labute approximate surface area is 117 Å². The summed E-state index contributed by atoms with van der Waals surface area (Å²) in [7, 11) is 0. The van der Waals surface area contributed by atoms with E-state index in [1.54, 1.807) is 6.07 Å². The van der Waals surface area contributed by atoms with E-state index in [4.69, 9.17) is 0 Å². The number of nitrogens with one attached hydrogen (secondary N) is 1. The third-order valence-corrected chi connectivity index (χ3v) is 4.30. The smallest absolute Gasteiger partial charge is 0.257 e. The first kappa shape index (κ1) is 13.4. The molecule has 0 bridgehead atoms. The average Bonchev–Trinajstić information content (AvgIpc) is 2.97. The highest BCUT2D eigenvalue weighted by Gasteiger charge is 2.33. The number of hydrogen-bond donors (Lipinski definition) is 2. The van der Waals surface area contributed by atoms with Crippen LogP contribution in [-0.4, -0.2) is 23.6 Å². The number of amides is 1. The minimum absolute atomic E-state index is 0.324. The number of fused-ring (bicyclic) bond motifs is 1. The van der Waals surface area contributed by atoms with Crippen molar-refractivity contribution in [3.05, 3.63) is 23.5 Å². The molecule has 3 rings (SSSR count). The fourth-order valence-corrected chi connectivity index (χ4v) is 3.26. The van der Waals surface area contributed by atoms with E-state index in [1.807, 2.05) is 0 Å². The van der Waals surface area contributed by atoms with Crippen molar-refractivity contribution in [3.63, 3.8) is 0 Å². The Bertz CT molecular complexity index is 559. The second kappa shape index (κ2) is 4.74. The Morgan fingerprint density at radius 1 is 1.45 bits per heavy atom. The summed E-state index contributed by atoms with van der Waals surface area (Å²) in [6.45, 7) is 5.11. The first-order chi connectivity index (χ1) is 9.49. The Hall–Kier alpha value is -1.62. The van der Waals surface area contributed by atoms with E-state index in [1.165, 1.54) is 6.07 Å². The molecule has 0 spiro atoms. The molecule has 1 fully saturated rings. The van der Waals surface area contributed by atoms with E-state index in [0.29, 0.717) is 28.9 Å². The fourth-order valence-electron chi connectivity index (χ4n) is 3.26. The maximum absolute atomic E-state index is 14.3. The summed E-state index contributed by atoms with van der Waals surface area (Å²) in [6.07, 6.45) is 0.852. The summed E-state index contributed by atoms with van der Waals surface area (Å²) in [5.41, 5.74) is 1.37. The number of anilines is 2. The van der Waals surface area contributed by atoms with Crippen LogP contribution in [0, 0.1) is 11.7 Å². The predicted molar refractivity (Wildman–Crippen MR) is 75.2 cm³/mol. The van der Waals surface area contributed by atoms with Crippen molar-refractivity contribution in [2.75, 3.05) is 16.8 Å². The normalized spacial score (nSPS) is 25.2. The van der Waals surface area contributed by atoms with E-state index in [-0.39, 0.29) is 5.82 Å². The predicted octanol–water partition coefficient (Wildman–Crippen LogP) is 2.44. The molecule has 0 saturated carbocycles. The van der Waals surface area contributed by atoms with Crippen LogP contribution < -0.4 is 10.2 Å². The van der Waals surface area contributed by atoms with Gasteiger partial charge in [-0.05, 0) is 30.9 Å². The minimum atomic E-state index is -1.26. The Balaban J connectivity index is 2.00. The van der Waals surface area contributed by atoms with Crippen molar-refractivity contribution in [2.24, 2.45) is 5.92 Å². The van der Waals surface area contributed by atoms with E-state index in [2.05, 4.69) is 24.1 Å². The second-order valence-electron chi connectivity index (χ2n) is 5.93. The molecule has 4 nitrogen and oxygen atoms in total. The highest BCUT2D eigenvalue weighted by molar-refractivity contribution is 6.02. The lowest BCUT2D eigenvalue weighted by Gasteiger charge is -2.30. The van der Waals surface area contributed by atoms with Crippen LogP contribution in [0.3, 0.4) is 0 Å². The fraction of sp³-hybridized carbons (Fsp3) is 0.533. The van der Waals surface area contributed by atoms with Gasteiger partial charge in [0.25, 0.3) is 5.91 Å². The number of nitrogens with zero attached hydrogens (tertiary/aromatic N) is 1. The lowest BCUT2D eigenvalue weighted by molar-refractivity contribution is -0.123. The van der Waals surface area contributed by atoms with E-state index in [0.717, 1.165) is 19.4 Å². The summed E-state index contributed by atoms with van der Waals surface area (Å²) in [6, 6.07) is 3.26. The largest absolute Gasteiger partial charge is 0.378 e. The van der Waals surface area contributed by atoms with Gasteiger partial charge in [0.15, 0.2) is 6.10 Å². The number of benzene rings is 1. The molecule has 0 radical (unpaired) electrons. The van der Waals surface area contributed by atoms with E-state index in [9.17, 15) is 14.3 Å². The minimum Gasteiger partial charge on any atom is -0.378 e. The number of carbonyl (C=O) groups is 1. The van der Waals surface area contributed by atoms with Crippen LogP contribution >= 0.6 is 0 Å². The van der Waals surface area contributed by atoms with Crippen LogP contribution in [0.4, 0.5) is 15.8 Å². The first-order valence-electron chi connectivity index (χ1n) is 7.08. The molecule has 2 heterocycles. The van der Waals surface area contributed by atoms with Gasteiger partial charge in [-0.25, -0.2) is 4.39 Å². The Morgan fingerprint density at radius 2 is 2.20 bits per heavy atom. The topological polar surface area (TPSA) is 52.6 Å². The van der Waals surface area contributed by atoms with E-state index >= 15 is 0 Å². The molecule has 0 aromatic heterocycles.